The molecule has 0 atom stereocenters. The summed E-state index contributed by atoms with van der Waals surface area (Å²) < 4.78 is 19.2. The van der Waals surface area contributed by atoms with Crippen LogP contribution in [0.15, 0.2) is 30.6 Å². The zero-order valence-corrected chi connectivity index (χ0v) is 16.6. The Kier molecular flexibility index (Phi) is 4.51. The highest BCUT2D eigenvalue weighted by Crippen LogP contribution is 2.36. The van der Waals surface area contributed by atoms with Crippen molar-refractivity contribution in [1.29, 1.82) is 0 Å². The highest BCUT2D eigenvalue weighted by molar-refractivity contribution is 7.14. The number of benzene rings is 1. The number of nitrogens with zero attached hydrogens (tertiary/aromatic N) is 3. The molecule has 4 aromatic rings. The monoisotopic (exact) mass is 410 g/mol. The van der Waals surface area contributed by atoms with Crippen LogP contribution in [0.1, 0.15) is 10.6 Å². The number of ether oxygens (including phenoxy) is 1. The number of aromatic amines is 1. The van der Waals surface area contributed by atoms with Crippen LogP contribution in [0, 0.1) is 12.7 Å². The standard InChI is InChI=1S/C20H19FN6OS/c1-11-24-10-16(29-11)18-26-19(17-20(27-18)23-6-7-28-17)22-5-4-12-9-25-15-8-13(21)2-3-14(12)15/h2-3,8-10,25H,4-7H2,1H3,(H2,22,23,26,27). The molecule has 0 unspecified atom stereocenters. The third-order valence-corrected chi connectivity index (χ3v) is 5.67. The summed E-state index contributed by atoms with van der Waals surface area (Å²) in [5, 5.41) is 8.66. The zero-order chi connectivity index (χ0) is 19.8. The van der Waals surface area contributed by atoms with Crippen LogP contribution in [0.3, 0.4) is 0 Å². The summed E-state index contributed by atoms with van der Waals surface area (Å²) in [6, 6.07) is 4.80. The first-order valence-corrected chi connectivity index (χ1v) is 10.2. The highest BCUT2D eigenvalue weighted by atomic mass is 32.1. The van der Waals surface area contributed by atoms with Gasteiger partial charge in [-0.15, -0.1) is 11.3 Å². The van der Waals surface area contributed by atoms with Gasteiger partial charge in [0.05, 0.1) is 16.4 Å². The summed E-state index contributed by atoms with van der Waals surface area (Å²) in [6.45, 7) is 3.88. The number of hydrogen-bond acceptors (Lipinski definition) is 7. The van der Waals surface area contributed by atoms with E-state index >= 15 is 0 Å². The highest BCUT2D eigenvalue weighted by Gasteiger charge is 2.20. The molecule has 0 amide bonds. The minimum Gasteiger partial charge on any atom is -0.485 e. The van der Waals surface area contributed by atoms with Gasteiger partial charge in [-0.25, -0.2) is 19.3 Å². The van der Waals surface area contributed by atoms with Gasteiger partial charge in [-0.2, -0.15) is 0 Å². The molecule has 3 aromatic heterocycles. The van der Waals surface area contributed by atoms with Gasteiger partial charge < -0.3 is 20.4 Å². The molecule has 0 radical (unpaired) electrons. The number of fused-ring (bicyclic) bond motifs is 2. The van der Waals surface area contributed by atoms with E-state index in [1.807, 2.05) is 13.1 Å². The third-order valence-electron chi connectivity index (χ3n) is 4.76. The Morgan fingerprint density at radius 3 is 3.10 bits per heavy atom. The van der Waals surface area contributed by atoms with Crippen LogP contribution < -0.4 is 15.4 Å². The first-order valence-electron chi connectivity index (χ1n) is 9.38. The average molecular weight is 410 g/mol. The minimum atomic E-state index is -0.243. The summed E-state index contributed by atoms with van der Waals surface area (Å²) in [4.78, 5) is 17.6. The number of thiazole rings is 1. The molecule has 4 heterocycles. The van der Waals surface area contributed by atoms with E-state index in [0.29, 0.717) is 42.9 Å². The number of aryl methyl sites for hydroxylation is 1. The summed E-state index contributed by atoms with van der Waals surface area (Å²) in [6.07, 6.45) is 4.47. The van der Waals surface area contributed by atoms with Gasteiger partial charge in [0.2, 0.25) is 5.75 Å². The van der Waals surface area contributed by atoms with Crippen molar-refractivity contribution in [1.82, 2.24) is 19.9 Å². The minimum absolute atomic E-state index is 0.243. The van der Waals surface area contributed by atoms with Crippen LogP contribution in [-0.4, -0.2) is 39.6 Å². The number of anilines is 2. The molecule has 0 saturated carbocycles. The maximum absolute atomic E-state index is 13.4. The Bertz CT molecular complexity index is 1190. The summed E-state index contributed by atoms with van der Waals surface area (Å²) in [5.74, 6) is 2.37. The Balaban J connectivity index is 1.39. The van der Waals surface area contributed by atoms with Crippen molar-refractivity contribution < 1.29 is 9.13 Å². The number of H-pyrrole nitrogens is 1. The number of nitrogens with one attached hydrogen (secondary N) is 3. The van der Waals surface area contributed by atoms with E-state index < -0.39 is 0 Å². The quantitative estimate of drug-likeness (QED) is 0.461. The van der Waals surface area contributed by atoms with Crippen molar-refractivity contribution >= 4 is 33.9 Å². The van der Waals surface area contributed by atoms with E-state index in [1.54, 1.807) is 23.6 Å². The molecule has 0 fully saturated rings. The number of rotatable bonds is 5. The lowest BCUT2D eigenvalue weighted by Gasteiger charge is -2.21. The van der Waals surface area contributed by atoms with E-state index in [2.05, 4.69) is 30.6 Å². The van der Waals surface area contributed by atoms with Crippen molar-refractivity contribution in [2.45, 2.75) is 13.3 Å². The van der Waals surface area contributed by atoms with E-state index in [1.165, 1.54) is 12.1 Å². The maximum atomic E-state index is 13.4. The van der Waals surface area contributed by atoms with Gasteiger partial charge in [0, 0.05) is 29.8 Å². The SMILES string of the molecule is Cc1ncc(-c2nc3c(c(NCCc4c[nH]c5cc(F)ccc45)n2)OCCN3)s1. The molecule has 0 saturated heterocycles. The summed E-state index contributed by atoms with van der Waals surface area (Å²) in [5.41, 5.74) is 1.92. The first kappa shape index (κ1) is 17.9. The topological polar surface area (TPSA) is 87.8 Å². The molecule has 5 rings (SSSR count). The molecule has 9 heteroatoms. The van der Waals surface area contributed by atoms with Gasteiger partial charge in [0.25, 0.3) is 0 Å². The number of halogens is 1. The molecule has 0 spiro atoms. The Labute approximate surface area is 170 Å². The van der Waals surface area contributed by atoms with Crippen LogP contribution in [0.2, 0.25) is 0 Å². The fourth-order valence-electron chi connectivity index (χ4n) is 3.41. The van der Waals surface area contributed by atoms with E-state index in [9.17, 15) is 4.39 Å². The second-order valence-electron chi connectivity index (χ2n) is 6.77. The lowest BCUT2D eigenvalue weighted by molar-refractivity contribution is 0.321. The van der Waals surface area contributed by atoms with E-state index in [-0.39, 0.29) is 5.82 Å². The molecule has 1 aliphatic heterocycles. The average Bonchev–Trinajstić information content (AvgIpc) is 3.34. The third kappa shape index (κ3) is 3.49. The van der Waals surface area contributed by atoms with Gasteiger partial charge >= 0.3 is 0 Å². The maximum Gasteiger partial charge on any atom is 0.204 e. The second-order valence-corrected chi connectivity index (χ2v) is 8.01. The van der Waals surface area contributed by atoms with Crippen LogP contribution >= 0.6 is 11.3 Å². The lowest BCUT2D eigenvalue weighted by atomic mass is 10.1. The predicted octanol–water partition coefficient (Wildman–Crippen LogP) is 3.99. The summed E-state index contributed by atoms with van der Waals surface area (Å²) >= 11 is 1.56. The fraction of sp³-hybridized carbons (Fsp3) is 0.250. The van der Waals surface area contributed by atoms with Crippen molar-refractivity contribution in [3.05, 3.63) is 47.0 Å². The van der Waals surface area contributed by atoms with Crippen LogP contribution in [0.5, 0.6) is 5.75 Å². The molecule has 3 N–H and O–H groups in total. The Morgan fingerprint density at radius 1 is 1.31 bits per heavy atom. The molecular weight excluding hydrogens is 391 g/mol. The number of aromatic nitrogens is 4. The van der Waals surface area contributed by atoms with Gasteiger partial charge in [0.1, 0.15) is 12.4 Å². The first-order chi connectivity index (χ1) is 14.2. The van der Waals surface area contributed by atoms with Crippen LogP contribution in [-0.2, 0) is 6.42 Å². The van der Waals surface area contributed by atoms with Crippen LogP contribution in [0.4, 0.5) is 16.0 Å². The van der Waals surface area contributed by atoms with E-state index in [0.717, 1.165) is 32.8 Å². The normalized spacial score (nSPS) is 13.0. The molecule has 29 heavy (non-hydrogen) atoms. The fourth-order valence-corrected chi connectivity index (χ4v) is 4.12. The van der Waals surface area contributed by atoms with Gasteiger partial charge in [0.15, 0.2) is 17.5 Å². The molecule has 1 aromatic carbocycles. The van der Waals surface area contributed by atoms with E-state index in [4.69, 9.17) is 4.74 Å². The lowest BCUT2D eigenvalue weighted by Crippen LogP contribution is -2.21. The second kappa shape index (κ2) is 7.32. The molecule has 1 aliphatic rings. The molecule has 7 nitrogen and oxygen atoms in total. The molecule has 0 aliphatic carbocycles. The largest absolute Gasteiger partial charge is 0.485 e. The smallest absolute Gasteiger partial charge is 0.204 e. The van der Waals surface area contributed by atoms with Gasteiger partial charge in [-0.3, -0.25) is 0 Å². The molecule has 0 bridgehead atoms. The van der Waals surface area contributed by atoms with Gasteiger partial charge in [-0.1, -0.05) is 0 Å². The zero-order valence-electron chi connectivity index (χ0n) is 15.8. The molecule has 148 valence electrons. The van der Waals surface area contributed by atoms with Gasteiger partial charge in [-0.05, 0) is 37.1 Å². The summed E-state index contributed by atoms with van der Waals surface area (Å²) in [7, 11) is 0. The van der Waals surface area contributed by atoms with Crippen molar-refractivity contribution in [3.63, 3.8) is 0 Å². The molecular formula is C20H19FN6OS. The van der Waals surface area contributed by atoms with Crippen molar-refractivity contribution in [3.8, 4) is 16.5 Å². The Morgan fingerprint density at radius 2 is 2.24 bits per heavy atom. The van der Waals surface area contributed by atoms with Crippen LogP contribution in [0.25, 0.3) is 21.6 Å². The van der Waals surface area contributed by atoms with Crippen molar-refractivity contribution in [2.75, 3.05) is 30.3 Å². The predicted molar refractivity (Wildman–Crippen MR) is 112 cm³/mol. The Hall–Kier alpha value is -3.20. The number of hydrogen-bond donors (Lipinski definition) is 3. The van der Waals surface area contributed by atoms with Crippen molar-refractivity contribution in [2.24, 2.45) is 0 Å².